The van der Waals surface area contributed by atoms with Crippen LogP contribution in [-0.4, -0.2) is 49.2 Å². The highest BCUT2D eigenvalue weighted by molar-refractivity contribution is 8.16. The molecule has 0 unspecified atom stereocenters. The molecule has 31 heavy (non-hydrogen) atoms. The van der Waals surface area contributed by atoms with Crippen molar-refractivity contribution < 1.29 is 27.1 Å². The van der Waals surface area contributed by atoms with Crippen molar-refractivity contribution in [2.24, 2.45) is 4.40 Å². The fraction of sp³-hybridized carbons (Fsp3) is 0.250. The maximum atomic E-state index is 13.1. The van der Waals surface area contributed by atoms with E-state index in [0.717, 1.165) is 36.0 Å². The quantitative estimate of drug-likeness (QED) is 0.674. The number of carbonyl (C=O) groups excluding carboxylic acids is 2. The fourth-order valence-electron chi connectivity index (χ4n) is 2.82. The molecule has 1 fully saturated rings. The van der Waals surface area contributed by atoms with Gasteiger partial charge in [0.1, 0.15) is 16.8 Å². The molecule has 1 atom stereocenters. The third kappa shape index (κ3) is 5.42. The van der Waals surface area contributed by atoms with Crippen molar-refractivity contribution in [3.63, 3.8) is 0 Å². The van der Waals surface area contributed by atoms with Gasteiger partial charge in [0.15, 0.2) is 5.17 Å². The molecule has 1 aliphatic heterocycles. The van der Waals surface area contributed by atoms with Gasteiger partial charge in [-0.05, 0) is 55.5 Å². The smallest absolute Gasteiger partial charge is 0.284 e. The maximum Gasteiger partial charge on any atom is 0.284 e. The van der Waals surface area contributed by atoms with Crippen LogP contribution in [0.2, 0.25) is 0 Å². The van der Waals surface area contributed by atoms with Crippen LogP contribution in [0.15, 0.2) is 57.8 Å². The number of anilines is 1. The van der Waals surface area contributed by atoms with Crippen molar-refractivity contribution in [1.29, 1.82) is 0 Å². The Morgan fingerprint density at radius 1 is 1.19 bits per heavy atom. The molecule has 0 spiro atoms. The molecule has 0 saturated carbocycles. The van der Waals surface area contributed by atoms with Crippen molar-refractivity contribution >= 4 is 44.5 Å². The van der Waals surface area contributed by atoms with Gasteiger partial charge in [-0.2, -0.15) is 8.42 Å². The highest BCUT2D eigenvalue weighted by Gasteiger charge is 2.39. The Labute approximate surface area is 183 Å². The first-order valence-corrected chi connectivity index (χ1v) is 11.6. The summed E-state index contributed by atoms with van der Waals surface area (Å²) in [5, 5.41) is 1.88. The average Bonchev–Trinajstić information content (AvgIpc) is 3.02. The Morgan fingerprint density at radius 3 is 2.42 bits per heavy atom. The van der Waals surface area contributed by atoms with Gasteiger partial charge in [0.05, 0.1) is 12.0 Å². The van der Waals surface area contributed by atoms with E-state index in [2.05, 4.69) is 9.71 Å². The van der Waals surface area contributed by atoms with E-state index in [0.29, 0.717) is 11.4 Å². The van der Waals surface area contributed by atoms with Gasteiger partial charge < -0.3 is 10.1 Å². The number of nitrogens with zero attached hydrogens (tertiary/aromatic N) is 2. The lowest BCUT2D eigenvalue weighted by molar-refractivity contribution is -0.128. The van der Waals surface area contributed by atoms with E-state index in [-0.39, 0.29) is 23.0 Å². The number of amides is 2. The highest BCUT2D eigenvalue weighted by atomic mass is 32.2. The van der Waals surface area contributed by atoms with E-state index in [1.54, 1.807) is 31.2 Å². The van der Waals surface area contributed by atoms with Gasteiger partial charge in [0.25, 0.3) is 10.0 Å². The molecule has 3 rings (SSSR count). The van der Waals surface area contributed by atoms with Crippen molar-refractivity contribution in [3.8, 4) is 5.75 Å². The summed E-state index contributed by atoms with van der Waals surface area (Å²) >= 11 is 0.913. The van der Waals surface area contributed by atoms with Crippen LogP contribution in [-0.2, 0) is 19.6 Å². The summed E-state index contributed by atoms with van der Waals surface area (Å²) in [7, 11) is -2.61. The molecule has 8 nitrogen and oxygen atoms in total. The molecule has 1 N–H and O–H groups in total. The lowest BCUT2D eigenvalue weighted by Crippen LogP contribution is -2.33. The molecule has 2 aromatic rings. The van der Waals surface area contributed by atoms with Crippen molar-refractivity contribution in [1.82, 2.24) is 4.90 Å². The minimum absolute atomic E-state index is 0.0147. The van der Waals surface area contributed by atoms with Gasteiger partial charge in [-0.3, -0.25) is 14.5 Å². The fourth-order valence-corrected chi connectivity index (χ4v) is 5.24. The second-order valence-electron chi connectivity index (χ2n) is 6.47. The first kappa shape index (κ1) is 22.8. The number of hydrogen-bond donors (Lipinski definition) is 1. The first-order chi connectivity index (χ1) is 14.7. The minimum atomic E-state index is -4.14. The molecule has 0 aliphatic carbocycles. The van der Waals surface area contributed by atoms with Crippen LogP contribution in [0.4, 0.5) is 10.1 Å². The Kier molecular flexibility index (Phi) is 6.96. The number of benzene rings is 2. The number of sulfonamides is 1. The molecule has 1 heterocycles. The van der Waals surface area contributed by atoms with E-state index in [1.165, 1.54) is 12.0 Å². The lowest BCUT2D eigenvalue weighted by atomic mass is 10.2. The van der Waals surface area contributed by atoms with Gasteiger partial charge in [-0.15, -0.1) is 4.40 Å². The van der Waals surface area contributed by atoms with Gasteiger partial charge in [0.2, 0.25) is 11.8 Å². The predicted molar refractivity (Wildman–Crippen MR) is 116 cm³/mol. The van der Waals surface area contributed by atoms with Crippen LogP contribution >= 0.6 is 11.8 Å². The van der Waals surface area contributed by atoms with Gasteiger partial charge >= 0.3 is 0 Å². The molecule has 0 bridgehead atoms. The Bertz CT molecular complexity index is 1100. The summed E-state index contributed by atoms with van der Waals surface area (Å²) in [6.45, 7) is 1.87. The molecule has 1 saturated heterocycles. The molecular weight excluding hydrogens is 445 g/mol. The van der Waals surface area contributed by atoms with Crippen LogP contribution in [0.3, 0.4) is 0 Å². The van der Waals surface area contributed by atoms with E-state index >= 15 is 0 Å². The topological polar surface area (TPSA) is 105 Å². The largest absolute Gasteiger partial charge is 0.497 e. The zero-order valence-corrected chi connectivity index (χ0v) is 18.4. The van der Waals surface area contributed by atoms with Crippen molar-refractivity contribution in [2.45, 2.75) is 23.5 Å². The summed E-state index contributed by atoms with van der Waals surface area (Å²) in [6, 6.07) is 11.0. The van der Waals surface area contributed by atoms with Crippen LogP contribution in [0, 0.1) is 5.82 Å². The predicted octanol–water partition coefficient (Wildman–Crippen LogP) is 2.87. The second kappa shape index (κ2) is 9.48. The number of hydrogen-bond acceptors (Lipinski definition) is 6. The number of ether oxygens (including phenoxy) is 1. The van der Waals surface area contributed by atoms with Crippen LogP contribution in [0.5, 0.6) is 5.75 Å². The molecule has 0 radical (unpaired) electrons. The van der Waals surface area contributed by atoms with Crippen LogP contribution < -0.4 is 10.1 Å². The minimum Gasteiger partial charge on any atom is -0.497 e. The third-order valence-corrected chi connectivity index (χ3v) is 6.96. The zero-order valence-electron chi connectivity index (χ0n) is 16.7. The Morgan fingerprint density at radius 2 is 1.84 bits per heavy atom. The molecule has 2 aromatic carbocycles. The average molecular weight is 466 g/mol. The summed E-state index contributed by atoms with van der Waals surface area (Å²) in [5.41, 5.74) is 0.543. The zero-order chi connectivity index (χ0) is 22.6. The van der Waals surface area contributed by atoms with E-state index in [1.807, 2.05) is 0 Å². The number of halogens is 1. The van der Waals surface area contributed by atoms with Gasteiger partial charge in [-0.25, -0.2) is 4.39 Å². The molecule has 2 amide bonds. The second-order valence-corrected chi connectivity index (χ2v) is 9.25. The molecule has 11 heteroatoms. The monoisotopic (exact) mass is 465 g/mol. The van der Waals surface area contributed by atoms with E-state index in [9.17, 15) is 22.4 Å². The lowest BCUT2D eigenvalue weighted by Gasteiger charge is -2.13. The molecule has 164 valence electrons. The van der Waals surface area contributed by atoms with Crippen molar-refractivity contribution in [2.75, 3.05) is 19.0 Å². The molecule has 1 aliphatic rings. The third-order valence-electron chi connectivity index (χ3n) is 4.39. The first-order valence-electron chi connectivity index (χ1n) is 9.26. The standard InChI is InChI=1S/C20H20FN3O5S2/c1-3-24-19(26)17(12-18(25)22-14-6-8-15(29-2)9-7-14)30-20(24)23-31(27,28)16-10-4-13(21)5-11-16/h4-11,17H,3,12H2,1-2H3,(H,22,25)/t17-/m0/s1. The number of carbonyl (C=O) groups is 2. The highest BCUT2D eigenvalue weighted by Crippen LogP contribution is 2.31. The van der Waals surface area contributed by atoms with Gasteiger partial charge in [0, 0.05) is 18.7 Å². The molecule has 0 aromatic heterocycles. The van der Waals surface area contributed by atoms with E-state index in [4.69, 9.17) is 4.74 Å². The number of methoxy groups -OCH3 is 1. The van der Waals surface area contributed by atoms with Crippen LogP contribution in [0.25, 0.3) is 0 Å². The summed E-state index contributed by atoms with van der Waals surface area (Å²) in [5.74, 6) is -0.725. The number of thioether (sulfide) groups is 1. The molecular formula is C20H20FN3O5S2. The van der Waals surface area contributed by atoms with E-state index < -0.39 is 32.9 Å². The summed E-state index contributed by atoms with van der Waals surface area (Å²) in [6.07, 6.45) is -0.151. The number of amidine groups is 1. The maximum absolute atomic E-state index is 13.1. The number of nitrogens with one attached hydrogen (secondary N) is 1. The Balaban J connectivity index is 1.73. The summed E-state index contributed by atoms with van der Waals surface area (Å²) in [4.78, 5) is 26.1. The Hall–Kier alpha value is -2.92. The van der Waals surface area contributed by atoms with Gasteiger partial charge in [-0.1, -0.05) is 11.8 Å². The number of rotatable bonds is 7. The van der Waals surface area contributed by atoms with Crippen LogP contribution in [0.1, 0.15) is 13.3 Å². The normalized spacial score (nSPS) is 17.8. The SMILES string of the molecule is CCN1C(=O)[C@H](CC(=O)Nc2ccc(OC)cc2)SC1=NS(=O)(=O)c1ccc(F)cc1. The van der Waals surface area contributed by atoms with Crippen molar-refractivity contribution in [3.05, 3.63) is 54.3 Å². The summed E-state index contributed by atoms with van der Waals surface area (Å²) < 4.78 is 47.0.